The summed E-state index contributed by atoms with van der Waals surface area (Å²) in [5.74, 6) is 0.810. The molecule has 1 saturated heterocycles. The molecule has 1 aliphatic rings. The van der Waals surface area contributed by atoms with Crippen LogP contribution in [-0.4, -0.2) is 27.8 Å². The van der Waals surface area contributed by atoms with Crippen molar-refractivity contribution in [2.45, 2.75) is 45.4 Å². The van der Waals surface area contributed by atoms with Crippen molar-refractivity contribution in [3.05, 3.63) is 0 Å². The smallest absolute Gasteiger partial charge is 0.0396 e. The maximum Gasteiger partial charge on any atom is 0.0396 e. The largest absolute Gasteiger partial charge is 0.312 e. The quantitative estimate of drug-likeness (QED) is 0.647. The van der Waals surface area contributed by atoms with E-state index in [1.54, 1.807) is 0 Å². The lowest BCUT2D eigenvalue weighted by molar-refractivity contribution is 0.293. The van der Waals surface area contributed by atoms with E-state index >= 15 is 0 Å². The predicted octanol–water partition coefficient (Wildman–Crippen LogP) is 1.53. The molecule has 78 valence electrons. The highest BCUT2D eigenvalue weighted by molar-refractivity contribution is 7.85. The van der Waals surface area contributed by atoms with Crippen LogP contribution < -0.4 is 5.32 Å². The lowest BCUT2D eigenvalue weighted by atomic mass is 9.88. The van der Waals surface area contributed by atoms with Crippen molar-refractivity contribution in [3.8, 4) is 0 Å². The minimum atomic E-state index is -0.641. The molecule has 1 aliphatic heterocycles. The van der Waals surface area contributed by atoms with Gasteiger partial charge in [0.15, 0.2) is 0 Å². The summed E-state index contributed by atoms with van der Waals surface area (Å²) in [6.45, 7) is 9.71. The van der Waals surface area contributed by atoms with Crippen LogP contribution in [-0.2, 0) is 10.8 Å². The van der Waals surface area contributed by atoms with Gasteiger partial charge in [-0.15, -0.1) is 0 Å². The van der Waals surface area contributed by atoms with Gasteiger partial charge in [0.05, 0.1) is 0 Å². The summed E-state index contributed by atoms with van der Waals surface area (Å²) in [5.41, 5.74) is 0.222. The van der Waals surface area contributed by atoms with Crippen molar-refractivity contribution in [1.29, 1.82) is 0 Å². The second kappa shape index (κ2) is 4.09. The van der Waals surface area contributed by atoms with Crippen LogP contribution in [0.3, 0.4) is 0 Å². The van der Waals surface area contributed by atoms with E-state index in [-0.39, 0.29) is 5.41 Å². The summed E-state index contributed by atoms with van der Waals surface area (Å²) in [6, 6.07) is 0.401. The molecule has 3 unspecified atom stereocenters. The van der Waals surface area contributed by atoms with Crippen LogP contribution in [0, 0.1) is 5.41 Å². The fraction of sp³-hybridized carbons (Fsp3) is 1.00. The Balaban J connectivity index is 2.65. The van der Waals surface area contributed by atoms with E-state index in [4.69, 9.17) is 0 Å². The highest BCUT2D eigenvalue weighted by Crippen LogP contribution is 2.22. The van der Waals surface area contributed by atoms with Crippen molar-refractivity contribution in [1.82, 2.24) is 5.32 Å². The first-order valence-electron chi connectivity index (χ1n) is 5.02. The first-order valence-corrected chi connectivity index (χ1v) is 6.40. The van der Waals surface area contributed by atoms with E-state index in [0.717, 1.165) is 18.7 Å². The van der Waals surface area contributed by atoms with Crippen LogP contribution in [0.4, 0.5) is 0 Å². The Labute approximate surface area is 83.9 Å². The first-order chi connectivity index (χ1) is 5.91. The van der Waals surface area contributed by atoms with Crippen molar-refractivity contribution < 1.29 is 4.21 Å². The molecular formula is C10H21NOS. The third-order valence-electron chi connectivity index (χ3n) is 2.77. The number of hydrogen-bond donors (Lipinski definition) is 1. The van der Waals surface area contributed by atoms with Gasteiger partial charge in [-0.05, 0) is 18.4 Å². The zero-order valence-corrected chi connectivity index (χ0v) is 9.91. The van der Waals surface area contributed by atoms with Gasteiger partial charge in [0, 0.05) is 27.8 Å². The molecule has 0 aliphatic carbocycles. The number of hydrogen-bond acceptors (Lipinski definition) is 2. The van der Waals surface area contributed by atoms with E-state index in [1.165, 1.54) is 0 Å². The Hall–Kier alpha value is 0.110. The normalized spacial score (nSPS) is 37.1. The standard InChI is InChI=1S/C10H21NOS/c1-8-5-6-11-9(7-13(8)12)10(2,3)4/h8-9,11H,5-7H2,1-4H3. The molecule has 0 amide bonds. The summed E-state index contributed by atoms with van der Waals surface area (Å²) in [5, 5.41) is 3.85. The minimum absolute atomic E-state index is 0.222. The Morgan fingerprint density at radius 1 is 1.38 bits per heavy atom. The third-order valence-corrected chi connectivity index (χ3v) is 4.56. The highest BCUT2D eigenvalue weighted by Gasteiger charge is 2.29. The topological polar surface area (TPSA) is 29.1 Å². The van der Waals surface area contributed by atoms with Gasteiger partial charge >= 0.3 is 0 Å². The highest BCUT2D eigenvalue weighted by atomic mass is 32.2. The van der Waals surface area contributed by atoms with Crippen LogP contribution in [0.1, 0.15) is 34.1 Å². The molecule has 13 heavy (non-hydrogen) atoms. The Bertz CT molecular complexity index is 198. The Morgan fingerprint density at radius 3 is 2.54 bits per heavy atom. The first kappa shape index (κ1) is 11.2. The number of rotatable bonds is 0. The van der Waals surface area contributed by atoms with E-state index in [0.29, 0.717) is 11.3 Å². The average molecular weight is 203 g/mol. The van der Waals surface area contributed by atoms with Gasteiger partial charge in [-0.3, -0.25) is 4.21 Å². The van der Waals surface area contributed by atoms with E-state index in [2.05, 4.69) is 33.0 Å². The summed E-state index contributed by atoms with van der Waals surface area (Å²) in [7, 11) is -0.641. The number of nitrogens with one attached hydrogen (secondary N) is 1. The Morgan fingerprint density at radius 2 is 2.00 bits per heavy atom. The zero-order valence-electron chi connectivity index (χ0n) is 9.09. The molecule has 1 N–H and O–H groups in total. The van der Waals surface area contributed by atoms with Gasteiger partial charge in [0.25, 0.3) is 0 Å². The van der Waals surface area contributed by atoms with Gasteiger partial charge in [-0.2, -0.15) is 0 Å². The summed E-state index contributed by atoms with van der Waals surface area (Å²) in [4.78, 5) is 0. The zero-order chi connectivity index (χ0) is 10.1. The van der Waals surface area contributed by atoms with Crippen LogP contribution in [0.5, 0.6) is 0 Å². The van der Waals surface area contributed by atoms with E-state index < -0.39 is 10.8 Å². The van der Waals surface area contributed by atoms with Crippen molar-refractivity contribution >= 4 is 10.8 Å². The van der Waals surface area contributed by atoms with Crippen LogP contribution in [0.2, 0.25) is 0 Å². The molecule has 1 rings (SSSR count). The fourth-order valence-electron chi connectivity index (χ4n) is 1.54. The van der Waals surface area contributed by atoms with Gasteiger partial charge in [0.1, 0.15) is 0 Å². The molecule has 3 atom stereocenters. The second-order valence-electron chi connectivity index (χ2n) is 5.02. The molecule has 3 heteroatoms. The molecule has 2 nitrogen and oxygen atoms in total. The molecule has 1 fully saturated rings. The van der Waals surface area contributed by atoms with Crippen LogP contribution >= 0.6 is 0 Å². The summed E-state index contributed by atoms with van der Waals surface area (Å²) >= 11 is 0. The molecule has 0 aromatic rings. The van der Waals surface area contributed by atoms with Gasteiger partial charge in [0.2, 0.25) is 0 Å². The molecule has 0 aromatic carbocycles. The average Bonchev–Trinajstić information content (AvgIpc) is 2.13. The second-order valence-corrected chi connectivity index (χ2v) is 6.92. The van der Waals surface area contributed by atoms with Crippen molar-refractivity contribution in [2.24, 2.45) is 5.41 Å². The lowest BCUT2D eigenvalue weighted by Gasteiger charge is -2.29. The van der Waals surface area contributed by atoms with Gasteiger partial charge in [-0.25, -0.2) is 0 Å². The SMILES string of the molecule is CC1CCNC(C(C)(C)C)CS1=O. The molecule has 0 spiro atoms. The maximum absolute atomic E-state index is 11.7. The fourth-order valence-corrected chi connectivity index (χ4v) is 3.19. The summed E-state index contributed by atoms with van der Waals surface area (Å²) in [6.07, 6.45) is 1.04. The molecule has 0 radical (unpaired) electrons. The van der Waals surface area contributed by atoms with Crippen LogP contribution in [0.15, 0.2) is 0 Å². The third kappa shape index (κ3) is 3.06. The van der Waals surface area contributed by atoms with E-state index in [1.807, 2.05) is 0 Å². The maximum atomic E-state index is 11.7. The summed E-state index contributed by atoms with van der Waals surface area (Å²) < 4.78 is 11.7. The Kier molecular flexibility index (Phi) is 3.52. The molecule has 0 saturated carbocycles. The lowest BCUT2D eigenvalue weighted by Crippen LogP contribution is -2.43. The predicted molar refractivity (Wildman–Crippen MR) is 58.3 cm³/mol. The minimum Gasteiger partial charge on any atom is -0.312 e. The molecule has 1 heterocycles. The monoisotopic (exact) mass is 203 g/mol. The van der Waals surface area contributed by atoms with Gasteiger partial charge < -0.3 is 5.32 Å². The molecule has 0 aromatic heterocycles. The van der Waals surface area contributed by atoms with Gasteiger partial charge in [-0.1, -0.05) is 27.7 Å². The van der Waals surface area contributed by atoms with Crippen molar-refractivity contribution in [2.75, 3.05) is 12.3 Å². The molecule has 0 bridgehead atoms. The van der Waals surface area contributed by atoms with Crippen LogP contribution in [0.25, 0.3) is 0 Å². The van der Waals surface area contributed by atoms with Crippen molar-refractivity contribution in [3.63, 3.8) is 0 Å². The molecular weight excluding hydrogens is 182 g/mol. The van der Waals surface area contributed by atoms with E-state index in [9.17, 15) is 4.21 Å².